The number of ether oxygens (including phenoxy) is 1. The third-order valence-corrected chi connectivity index (χ3v) is 4.56. The molecule has 0 unspecified atom stereocenters. The van der Waals surface area contributed by atoms with Gasteiger partial charge in [-0.15, -0.1) is 11.3 Å². The number of nitrogens with zero attached hydrogens (tertiary/aromatic N) is 1. The van der Waals surface area contributed by atoms with Crippen molar-refractivity contribution < 1.29 is 9.53 Å². The third kappa shape index (κ3) is 5.14. The van der Waals surface area contributed by atoms with Crippen LogP contribution in [0, 0.1) is 0 Å². The molecule has 5 nitrogen and oxygen atoms in total. The van der Waals surface area contributed by atoms with Crippen LogP contribution in [0.15, 0.2) is 60.1 Å². The Kier molecular flexibility index (Phi) is 5.77. The molecule has 0 saturated carbocycles. The molecule has 6 heteroatoms. The second-order valence-electron chi connectivity index (χ2n) is 5.50. The molecule has 1 amide bonds. The number of primary amides is 1. The average Bonchev–Trinajstić information content (AvgIpc) is 3.14. The maximum absolute atomic E-state index is 11.0. The average molecular weight is 353 g/mol. The van der Waals surface area contributed by atoms with E-state index in [1.165, 1.54) is 16.6 Å². The van der Waals surface area contributed by atoms with Gasteiger partial charge in [0.25, 0.3) is 0 Å². The normalized spacial score (nSPS) is 10.6. The first-order chi connectivity index (χ1) is 12.2. The molecule has 25 heavy (non-hydrogen) atoms. The van der Waals surface area contributed by atoms with Gasteiger partial charge in [0.2, 0.25) is 11.8 Å². The number of thiophene rings is 1. The van der Waals surface area contributed by atoms with Crippen molar-refractivity contribution in [3.05, 3.63) is 76.1 Å². The van der Waals surface area contributed by atoms with Gasteiger partial charge in [-0.05, 0) is 41.6 Å². The minimum atomic E-state index is -0.505. The van der Waals surface area contributed by atoms with E-state index in [4.69, 9.17) is 10.5 Å². The van der Waals surface area contributed by atoms with Crippen LogP contribution >= 0.6 is 11.3 Å². The monoisotopic (exact) mass is 353 g/mol. The number of aromatic nitrogens is 1. The van der Waals surface area contributed by atoms with Crippen LogP contribution in [0.1, 0.15) is 20.8 Å². The summed E-state index contributed by atoms with van der Waals surface area (Å²) < 4.78 is 5.66. The largest absolute Gasteiger partial charge is 0.439 e. The quantitative estimate of drug-likeness (QED) is 0.609. The van der Waals surface area contributed by atoms with E-state index < -0.39 is 5.91 Å². The Balaban J connectivity index is 1.47. The summed E-state index contributed by atoms with van der Waals surface area (Å²) in [7, 11) is 0. The van der Waals surface area contributed by atoms with Crippen LogP contribution < -0.4 is 15.8 Å². The van der Waals surface area contributed by atoms with Crippen LogP contribution in [0.25, 0.3) is 0 Å². The van der Waals surface area contributed by atoms with Crippen molar-refractivity contribution in [2.45, 2.75) is 13.0 Å². The lowest BCUT2D eigenvalue weighted by molar-refractivity contribution is 0.1000. The Hall–Kier alpha value is -2.70. The van der Waals surface area contributed by atoms with Gasteiger partial charge in [-0.3, -0.25) is 4.79 Å². The molecular weight excluding hydrogens is 334 g/mol. The van der Waals surface area contributed by atoms with Crippen molar-refractivity contribution in [2.75, 3.05) is 6.54 Å². The Morgan fingerprint density at radius 2 is 2.00 bits per heavy atom. The number of carbonyl (C=O) groups excluding carboxylic acids is 1. The molecule has 0 atom stereocenters. The molecule has 1 aromatic carbocycles. The summed E-state index contributed by atoms with van der Waals surface area (Å²) in [5.74, 6) is 0.614. The fourth-order valence-corrected chi connectivity index (χ4v) is 2.99. The first kappa shape index (κ1) is 17.1. The van der Waals surface area contributed by atoms with Crippen molar-refractivity contribution in [3.8, 4) is 11.6 Å². The first-order valence-electron chi connectivity index (χ1n) is 7.96. The fourth-order valence-electron chi connectivity index (χ4n) is 2.28. The third-order valence-electron chi connectivity index (χ3n) is 3.62. The maximum Gasteiger partial charge on any atom is 0.250 e. The molecule has 0 radical (unpaired) electrons. The van der Waals surface area contributed by atoms with Crippen molar-refractivity contribution in [1.82, 2.24) is 10.3 Å². The van der Waals surface area contributed by atoms with Crippen LogP contribution in [0.2, 0.25) is 0 Å². The number of hydrogen-bond donors (Lipinski definition) is 2. The Morgan fingerprint density at radius 3 is 2.64 bits per heavy atom. The van der Waals surface area contributed by atoms with Gasteiger partial charge < -0.3 is 15.8 Å². The smallest absolute Gasteiger partial charge is 0.250 e. The Bertz CT molecular complexity index is 800. The van der Waals surface area contributed by atoms with Crippen LogP contribution in [0.5, 0.6) is 11.6 Å². The molecule has 0 bridgehead atoms. The van der Waals surface area contributed by atoms with Crippen LogP contribution in [-0.4, -0.2) is 17.4 Å². The summed E-state index contributed by atoms with van der Waals surface area (Å²) in [6.45, 7) is 1.77. The highest BCUT2D eigenvalue weighted by molar-refractivity contribution is 7.09. The molecule has 0 aliphatic carbocycles. The molecule has 0 spiro atoms. The summed E-state index contributed by atoms with van der Waals surface area (Å²) >= 11 is 1.79. The molecule has 0 aliphatic rings. The minimum absolute atomic E-state index is 0.358. The second-order valence-corrected chi connectivity index (χ2v) is 6.53. The van der Waals surface area contributed by atoms with Gasteiger partial charge in [0.05, 0.1) is 5.56 Å². The molecule has 2 aromatic heterocycles. The Labute approximate surface area is 150 Å². The van der Waals surface area contributed by atoms with Gasteiger partial charge >= 0.3 is 0 Å². The van der Waals surface area contributed by atoms with E-state index in [9.17, 15) is 4.79 Å². The number of hydrogen-bond acceptors (Lipinski definition) is 5. The van der Waals surface area contributed by atoms with Gasteiger partial charge in [0.1, 0.15) is 5.75 Å². The molecule has 2 heterocycles. The minimum Gasteiger partial charge on any atom is -0.439 e. The predicted octanol–water partition coefficient (Wildman–Crippen LogP) is 3.37. The summed E-state index contributed by atoms with van der Waals surface area (Å²) in [6, 6.07) is 15.3. The number of rotatable bonds is 8. The lowest BCUT2D eigenvalue weighted by Gasteiger charge is -2.07. The van der Waals surface area contributed by atoms with Crippen molar-refractivity contribution in [1.29, 1.82) is 0 Å². The zero-order chi connectivity index (χ0) is 17.5. The predicted molar refractivity (Wildman–Crippen MR) is 99.0 cm³/mol. The molecule has 0 fully saturated rings. The fraction of sp³-hybridized carbons (Fsp3) is 0.158. The van der Waals surface area contributed by atoms with Gasteiger partial charge in [0.15, 0.2) is 0 Å². The SMILES string of the molecule is NC(=O)c1ccc(Oc2ccc(CNCCc3cccs3)cc2)nc1. The lowest BCUT2D eigenvalue weighted by Crippen LogP contribution is -2.16. The van der Waals surface area contributed by atoms with E-state index >= 15 is 0 Å². The van der Waals surface area contributed by atoms with Crippen molar-refractivity contribution in [3.63, 3.8) is 0 Å². The zero-order valence-corrected chi connectivity index (χ0v) is 14.5. The summed E-state index contributed by atoms with van der Waals surface area (Å²) in [6.07, 6.45) is 2.45. The highest BCUT2D eigenvalue weighted by Gasteiger charge is 2.03. The van der Waals surface area contributed by atoms with E-state index in [1.807, 2.05) is 24.3 Å². The van der Waals surface area contributed by atoms with Crippen LogP contribution in [-0.2, 0) is 13.0 Å². The Morgan fingerprint density at radius 1 is 1.16 bits per heavy atom. The number of nitrogens with two attached hydrogens (primary N) is 1. The summed E-state index contributed by atoms with van der Waals surface area (Å²) in [5.41, 5.74) is 6.73. The molecule has 3 aromatic rings. The van der Waals surface area contributed by atoms with E-state index in [-0.39, 0.29) is 0 Å². The number of pyridine rings is 1. The molecular formula is C19H19N3O2S. The van der Waals surface area contributed by atoms with E-state index in [0.29, 0.717) is 17.2 Å². The van der Waals surface area contributed by atoms with Crippen molar-refractivity contribution >= 4 is 17.2 Å². The van der Waals surface area contributed by atoms with E-state index in [1.54, 1.807) is 23.5 Å². The number of nitrogens with one attached hydrogen (secondary N) is 1. The number of carbonyl (C=O) groups is 1. The standard InChI is InChI=1S/C19H19N3O2S/c20-19(23)15-5-8-18(22-13-15)24-16-6-3-14(4-7-16)12-21-10-9-17-2-1-11-25-17/h1-8,11,13,21H,9-10,12H2,(H2,20,23). The lowest BCUT2D eigenvalue weighted by atomic mass is 10.2. The summed E-state index contributed by atoms with van der Waals surface area (Å²) in [4.78, 5) is 16.5. The highest BCUT2D eigenvalue weighted by atomic mass is 32.1. The highest BCUT2D eigenvalue weighted by Crippen LogP contribution is 2.20. The maximum atomic E-state index is 11.0. The number of benzene rings is 1. The first-order valence-corrected chi connectivity index (χ1v) is 8.84. The van der Waals surface area contributed by atoms with Crippen molar-refractivity contribution in [2.24, 2.45) is 5.73 Å². The number of amides is 1. The van der Waals surface area contributed by atoms with Gasteiger partial charge in [0, 0.05) is 30.2 Å². The molecule has 128 valence electrons. The topological polar surface area (TPSA) is 77.2 Å². The van der Waals surface area contributed by atoms with Crippen LogP contribution in [0.4, 0.5) is 0 Å². The van der Waals surface area contributed by atoms with Crippen LogP contribution in [0.3, 0.4) is 0 Å². The molecule has 3 N–H and O–H groups in total. The van der Waals surface area contributed by atoms with E-state index in [2.05, 4.69) is 27.8 Å². The molecule has 3 rings (SSSR count). The molecule has 0 aliphatic heterocycles. The zero-order valence-electron chi connectivity index (χ0n) is 13.6. The van der Waals surface area contributed by atoms with Gasteiger partial charge in [-0.2, -0.15) is 0 Å². The van der Waals surface area contributed by atoms with Gasteiger partial charge in [-0.1, -0.05) is 18.2 Å². The summed E-state index contributed by atoms with van der Waals surface area (Å²) in [5, 5.41) is 5.54. The molecule has 0 saturated heterocycles. The second kappa shape index (κ2) is 8.41. The van der Waals surface area contributed by atoms with E-state index in [0.717, 1.165) is 19.5 Å². The van der Waals surface area contributed by atoms with Gasteiger partial charge in [-0.25, -0.2) is 4.98 Å².